The smallest absolute Gasteiger partial charge is 0.221 e. The molecule has 2 aromatic carbocycles. The molecule has 0 spiro atoms. The molecule has 35 heavy (non-hydrogen) atoms. The molecule has 0 aliphatic heterocycles. The van der Waals surface area contributed by atoms with E-state index in [0.29, 0.717) is 12.1 Å². The summed E-state index contributed by atoms with van der Waals surface area (Å²) in [5, 5.41) is 8.76. The molecule has 0 fully saturated rings. The molecule has 0 aliphatic rings. The highest BCUT2D eigenvalue weighted by atomic mass is 79.9. The predicted molar refractivity (Wildman–Crippen MR) is 94.1 cm³/mol. The fourth-order valence-corrected chi connectivity index (χ4v) is 3.61. The van der Waals surface area contributed by atoms with Gasteiger partial charge in [0.1, 0.15) is 0 Å². The molecule has 1 unspecified atom stereocenters. The van der Waals surface area contributed by atoms with E-state index in [4.69, 9.17) is 5.26 Å². The van der Waals surface area contributed by atoms with Crippen molar-refractivity contribution >= 4 is 15.9 Å². The third kappa shape index (κ3) is 4.54. The van der Waals surface area contributed by atoms with Gasteiger partial charge in [-0.25, -0.2) is 4.39 Å². The maximum Gasteiger partial charge on any atom is 0.458 e. The summed E-state index contributed by atoms with van der Waals surface area (Å²) in [7, 11) is 0. The van der Waals surface area contributed by atoms with Gasteiger partial charge in [-0.05, 0) is 29.8 Å². The van der Waals surface area contributed by atoms with E-state index in [9.17, 15) is 57.1 Å². The molecule has 0 bridgehead atoms. The van der Waals surface area contributed by atoms with Gasteiger partial charge in [0.25, 0.3) is 0 Å². The Kier molecular flexibility index (Phi) is 6.98. The zero-order valence-corrected chi connectivity index (χ0v) is 17.7. The number of rotatable bonds is 4. The van der Waals surface area contributed by atoms with Gasteiger partial charge < -0.3 is 0 Å². The number of benzene rings is 2. The summed E-state index contributed by atoms with van der Waals surface area (Å²) in [4.78, 5) is 0. The van der Waals surface area contributed by atoms with Crippen LogP contribution < -0.4 is 0 Å². The lowest BCUT2D eigenvalue weighted by Crippen LogP contribution is -2.60. The Bertz CT molecular complexity index is 1140. The predicted octanol–water partition coefficient (Wildman–Crippen LogP) is 8.57. The van der Waals surface area contributed by atoms with Gasteiger partial charge in [0.05, 0.1) is 11.6 Å². The van der Waals surface area contributed by atoms with Gasteiger partial charge in [0, 0.05) is 21.2 Å². The van der Waals surface area contributed by atoms with Crippen molar-refractivity contribution in [3.63, 3.8) is 0 Å². The lowest BCUT2D eigenvalue weighted by atomic mass is 9.81. The Morgan fingerprint density at radius 1 is 0.657 bits per heavy atom. The first kappa shape index (κ1) is 28.7. The van der Waals surface area contributed by atoms with Crippen LogP contribution in [0.4, 0.5) is 61.5 Å². The average Bonchev–Trinajstić information content (AvgIpc) is 2.70. The molecule has 16 heteroatoms. The topological polar surface area (TPSA) is 23.8 Å². The summed E-state index contributed by atoms with van der Waals surface area (Å²) in [6, 6.07) is 3.12. The zero-order chi connectivity index (χ0) is 27.4. The molecule has 0 heterocycles. The molecule has 2 rings (SSSR count). The fourth-order valence-electron chi connectivity index (χ4n) is 2.92. The first-order valence-electron chi connectivity index (χ1n) is 8.53. The Balaban J connectivity index is 3.15. The van der Waals surface area contributed by atoms with Gasteiger partial charge in [-0.2, -0.15) is 62.3 Å². The minimum Gasteiger partial charge on any atom is -0.221 e. The molecule has 1 atom stereocenters. The molecular formula is C19H6BrF14N. The van der Waals surface area contributed by atoms with Crippen molar-refractivity contribution in [3.05, 3.63) is 57.6 Å². The first-order chi connectivity index (χ1) is 15.5. The van der Waals surface area contributed by atoms with Crippen molar-refractivity contribution in [2.75, 3.05) is 0 Å². The fraction of sp³-hybridized carbons (Fsp3) is 0.316. The Morgan fingerprint density at radius 2 is 1.14 bits per heavy atom. The molecule has 0 aromatic heterocycles. The summed E-state index contributed by atoms with van der Waals surface area (Å²) in [6.07, 6.45) is -21.0. The van der Waals surface area contributed by atoms with Crippen molar-refractivity contribution in [1.29, 1.82) is 5.26 Å². The highest BCUT2D eigenvalue weighted by Crippen LogP contribution is 2.61. The molecule has 0 N–H and O–H groups in total. The van der Waals surface area contributed by atoms with Gasteiger partial charge in [-0.15, -0.1) is 0 Å². The minimum absolute atomic E-state index is 0.201. The molecule has 2 aromatic rings. The highest BCUT2D eigenvalue weighted by Gasteiger charge is 2.82. The van der Waals surface area contributed by atoms with E-state index in [2.05, 4.69) is 15.9 Å². The molecule has 0 saturated carbocycles. The van der Waals surface area contributed by atoms with Gasteiger partial charge in [-0.3, -0.25) is 0 Å². The first-order valence-corrected chi connectivity index (χ1v) is 9.33. The summed E-state index contributed by atoms with van der Waals surface area (Å²) >= 11 is 2.28. The highest BCUT2D eigenvalue weighted by molar-refractivity contribution is 9.10. The maximum atomic E-state index is 15.2. The van der Waals surface area contributed by atoms with Crippen molar-refractivity contribution in [2.24, 2.45) is 0 Å². The molecule has 0 amide bonds. The van der Waals surface area contributed by atoms with Crippen LogP contribution in [0.1, 0.15) is 16.7 Å². The third-order valence-electron chi connectivity index (χ3n) is 4.66. The van der Waals surface area contributed by atoms with E-state index in [-0.39, 0.29) is 11.6 Å². The Morgan fingerprint density at radius 3 is 1.51 bits per heavy atom. The number of nitriles is 1. The summed E-state index contributed by atoms with van der Waals surface area (Å²) in [5.74, 6) is -13.4. The molecule has 0 aliphatic carbocycles. The number of alkyl halides is 14. The average molecular weight is 594 g/mol. The number of halogens is 15. The molecule has 0 saturated heterocycles. The summed E-state index contributed by atoms with van der Waals surface area (Å²) in [5.41, 5.74) is -14.8. The van der Waals surface area contributed by atoms with Gasteiger partial charge in [0.15, 0.2) is 0 Å². The van der Waals surface area contributed by atoms with E-state index in [1.165, 1.54) is 6.07 Å². The largest absolute Gasteiger partial charge is 0.458 e. The maximum absolute atomic E-state index is 15.2. The number of hydrogen-bond donors (Lipinski definition) is 0. The van der Waals surface area contributed by atoms with Crippen LogP contribution in [0, 0.1) is 11.3 Å². The van der Waals surface area contributed by atoms with Crippen LogP contribution in [0.25, 0.3) is 11.1 Å². The van der Waals surface area contributed by atoms with Crippen LogP contribution in [0.15, 0.2) is 40.9 Å². The summed E-state index contributed by atoms with van der Waals surface area (Å²) < 4.78 is 188. The van der Waals surface area contributed by atoms with Gasteiger partial charge in [0.2, 0.25) is 0 Å². The van der Waals surface area contributed by atoms with Crippen LogP contribution in [-0.2, 0) is 11.6 Å². The minimum atomic E-state index is -7.36. The van der Waals surface area contributed by atoms with Crippen LogP contribution in [-0.4, -0.2) is 24.5 Å². The molecule has 192 valence electrons. The second-order valence-corrected chi connectivity index (χ2v) is 7.72. The number of nitrogens with zero attached hydrogens (tertiary/aromatic N) is 1. The van der Waals surface area contributed by atoms with Crippen LogP contribution in [0.5, 0.6) is 0 Å². The Labute approximate surface area is 194 Å². The third-order valence-corrected chi connectivity index (χ3v) is 5.29. The van der Waals surface area contributed by atoms with E-state index < -0.39 is 68.8 Å². The van der Waals surface area contributed by atoms with Gasteiger partial charge in [-0.1, -0.05) is 28.1 Å². The molecule has 1 nitrogen and oxygen atoms in total. The van der Waals surface area contributed by atoms with Crippen molar-refractivity contribution < 1.29 is 61.5 Å². The monoisotopic (exact) mass is 593 g/mol. The van der Waals surface area contributed by atoms with Gasteiger partial charge >= 0.3 is 36.0 Å². The van der Waals surface area contributed by atoms with E-state index in [0.717, 1.165) is 12.1 Å². The van der Waals surface area contributed by atoms with Crippen LogP contribution >= 0.6 is 15.9 Å². The van der Waals surface area contributed by atoms with Crippen molar-refractivity contribution in [3.8, 4) is 17.2 Å². The second-order valence-electron chi connectivity index (χ2n) is 6.87. The number of hydrogen-bond acceptors (Lipinski definition) is 1. The standard InChI is InChI=1S/C19H6BrF14N/c20-12-6-10(15(22,23)18(29,30)31)5-11(13(12)9-3-1-8(7-35)2-4-9)14(21,17(26,27)28)16(24,25)19(32,33)34/h1-6H. The van der Waals surface area contributed by atoms with Crippen molar-refractivity contribution in [2.45, 2.75) is 36.0 Å². The van der Waals surface area contributed by atoms with Crippen molar-refractivity contribution in [1.82, 2.24) is 0 Å². The quantitative estimate of drug-likeness (QED) is 0.326. The molecule has 0 radical (unpaired) electrons. The van der Waals surface area contributed by atoms with Crippen LogP contribution in [0.3, 0.4) is 0 Å². The van der Waals surface area contributed by atoms with E-state index in [1.54, 1.807) is 0 Å². The van der Waals surface area contributed by atoms with E-state index in [1.807, 2.05) is 0 Å². The lowest BCUT2D eigenvalue weighted by molar-refractivity contribution is -0.389. The zero-order valence-electron chi connectivity index (χ0n) is 16.1. The van der Waals surface area contributed by atoms with E-state index >= 15 is 4.39 Å². The summed E-state index contributed by atoms with van der Waals surface area (Å²) in [6.45, 7) is 0. The molecular weight excluding hydrogens is 588 g/mol. The Hall–Kier alpha value is -2.57. The SMILES string of the molecule is N#Cc1ccc(-c2c(Br)cc(C(F)(F)C(F)(F)F)cc2C(F)(C(F)(F)F)C(F)(F)C(F)(F)F)cc1. The second kappa shape index (κ2) is 8.52. The normalized spacial score (nSPS) is 15.5. The van der Waals surface area contributed by atoms with Crippen LogP contribution in [0.2, 0.25) is 0 Å². The lowest BCUT2D eigenvalue weighted by Gasteiger charge is -2.38.